The molecule has 1 aromatic rings. The summed E-state index contributed by atoms with van der Waals surface area (Å²) in [5.41, 5.74) is 9.74. The van der Waals surface area contributed by atoms with Crippen LogP contribution in [0.4, 0.5) is 5.82 Å². The Bertz CT molecular complexity index is 825. The van der Waals surface area contributed by atoms with Crippen LogP contribution in [0.2, 0.25) is 0 Å². The molecule has 2 saturated carbocycles. The molecule has 3 rings (SSSR count). The van der Waals surface area contributed by atoms with E-state index in [1.54, 1.807) is 0 Å². The minimum absolute atomic E-state index is 0. The van der Waals surface area contributed by atoms with Gasteiger partial charge in [0.1, 0.15) is 5.60 Å². The molecule has 0 amide bonds. The Kier molecular flexibility index (Phi) is 6.24. The van der Waals surface area contributed by atoms with Crippen LogP contribution in [-0.4, -0.2) is 27.9 Å². The molecule has 0 spiro atoms. The van der Waals surface area contributed by atoms with Gasteiger partial charge in [0.15, 0.2) is 11.0 Å². The number of hydrogen-bond donors (Lipinski definition) is 1. The summed E-state index contributed by atoms with van der Waals surface area (Å²) in [5.74, 6) is 2.76. The monoisotopic (exact) mass is 400 g/mol. The summed E-state index contributed by atoms with van der Waals surface area (Å²) in [6.45, 7) is 13.6. The molecule has 152 valence electrons. The van der Waals surface area contributed by atoms with Gasteiger partial charge in [-0.3, -0.25) is 10.4 Å². The molecule has 1 unspecified atom stereocenters. The average Bonchev–Trinajstić information content (AvgIpc) is 3.28. The minimum Gasteiger partial charge on any atom is -0.466 e. The molecule has 1 aromatic heterocycles. The van der Waals surface area contributed by atoms with Gasteiger partial charge in [0.05, 0.1) is 6.04 Å². The lowest BCUT2D eigenvalue weighted by atomic mass is 9.94. The fourth-order valence-electron chi connectivity index (χ4n) is 4.20. The van der Waals surface area contributed by atoms with Crippen LogP contribution in [-0.2, 0) is 4.74 Å². The van der Waals surface area contributed by atoms with Crippen molar-refractivity contribution >= 4 is 23.7 Å². The molecule has 0 aromatic carbocycles. The highest BCUT2D eigenvalue weighted by Gasteiger charge is 2.44. The van der Waals surface area contributed by atoms with Crippen LogP contribution in [0.25, 0.3) is 6.08 Å². The molecule has 28 heavy (non-hydrogen) atoms. The summed E-state index contributed by atoms with van der Waals surface area (Å²) < 4.78 is 6.04. The molecular formula is C22H32N4OS. The van der Waals surface area contributed by atoms with Crippen LogP contribution < -0.4 is 10.4 Å². The lowest BCUT2D eigenvalue weighted by Gasteiger charge is -2.37. The first-order chi connectivity index (χ1) is 13.3. The minimum atomic E-state index is -0.354. The van der Waals surface area contributed by atoms with E-state index in [9.17, 15) is 0 Å². The molecular weight excluding hydrogens is 368 g/mol. The number of hydrazine groups is 1. The van der Waals surface area contributed by atoms with Crippen molar-refractivity contribution in [3.8, 4) is 0 Å². The van der Waals surface area contributed by atoms with Gasteiger partial charge >= 0.3 is 0 Å². The SMILES string of the molecule is C=C=Cc1cnc(SC)nc1N(NC(=C=C)OC(C)(C)C)[C@H]1C[C@@H]2CCC1C2.[HH]. The average molecular weight is 401 g/mol. The van der Waals surface area contributed by atoms with Gasteiger partial charge in [-0.2, -0.15) is 0 Å². The van der Waals surface area contributed by atoms with Crippen molar-refractivity contribution in [3.63, 3.8) is 0 Å². The second-order valence-corrected chi connectivity index (χ2v) is 9.20. The second kappa shape index (κ2) is 8.48. The summed E-state index contributed by atoms with van der Waals surface area (Å²) in [6.07, 6.45) is 10.6. The predicted octanol–water partition coefficient (Wildman–Crippen LogP) is 5.18. The fraction of sp³-hybridized carbons (Fsp3) is 0.545. The van der Waals surface area contributed by atoms with E-state index < -0.39 is 0 Å². The van der Waals surface area contributed by atoms with Crippen LogP contribution in [0.1, 0.15) is 53.4 Å². The maximum atomic E-state index is 6.04. The van der Waals surface area contributed by atoms with Gasteiger partial charge in [0.25, 0.3) is 5.88 Å². The molecule has 2 fully saturated rings. The van der Waals surface area contributed by atoms with E-state index in [0.717, 1.165) is 28.9 Å². The summed E-state index contributed by atoms with van der Waals surface area (Å²) >= 11 is 1.53. The van der Waals surface area contributed by atoms with Crippen LogP contribution in [0.3, 0.4) is 0 Å². The molecule has 2 bridgehead atoms. The molecule has 2 aliphatic carbocycles. The normalized spacial score (nSPS) is 22.9. The quantitative estimate of drug-likeness (QED) is 0.224. The zero-order valence-corrected chi connectivity index (χ0v) is 18.1. The van der Waals surface area contributed by atoms with Gasteiger partial charge in [0, 0.05) is 13.2 Å². The molecule has 0 radical (unpaired) electrons. The largest absolute Gasteiger partial charge is 0.466 e. The van der Waals surface area contributed by atoms with Gasteiger partial charge in [-0.05, 0) is 64.2 Å². The van der Waals surface area contributed by atoms with Crippen molar-refractivity contribution in [1.82, 2.24) is 15.4 Å². The highest BCUT2D eigenvalue weighted by Crippen LogP contribution is 2.47. The molecule has 1 heterocycles. The van der Waals surface area contributed by atoms with Crippen molar-refractivity contribution in [1.29, 1.82) is 0 Å². The van der Waals surface area contributed by atoms with E-state index in [0.29, 0.717) is 17.8 Å². The number of fused-ring (bicyclic) bond motifs is 2. The highest BCUT2D eigenvalue weighted by atomic mass is 32.2. The van der Waals surface area contributed by atoms with Gasteiger partial charge in [0.2, 0.25) is 0 Å². The lowest BCUT2D eigenvalue weighted by Crippen LogP contribution is -2.49. The molecule has 3 atom stereocenters. The summed E-state index contributed by atoms with van der Waals surface area (Å²) in [6, 6.07) is 0.340. The van der Waals surface area contributed by atoms with Gasteiger partial charge < -0.3 is 4.74 Å². The predicted molar refractivity (Wildman–Crippen MR) is 118 cm³/mol. The topological polar surface area (TPSA) is 50.3 Å². The number of nitrogens with zero attached hydrogens (tertiary/aromatic N) is 3. The van der Waals surface area contributed by atoms with Crippen molar-refractivity contribution in [2.45, 2.75) is 63.3 Å². The zero-order valence-electron chi connectivity index (χ0n) is 17.3. The van der Waals surface area contributed by atoms with Crippen molar-refractivity contribution in [2.75, 3.05) is 11.3 Å². The Labute approximate surface area is 174 Å². The zero-order chi connectivity index (χ0) is 20.3. The number of aromatic nitrogens is 2. The van der Waals surface area contributed by atoms with Gasteiger partial charge in [-0.15, -0.1) is 5.73 Å². The smallest absolute Gasteiger partial charge is 0.252 e. The maximum absolute atomic E-state index is 6.04. The van der Waals surface area contributed by atoms with Gasteiger partial charge in [-0.25, -0.2) is 9.97 Å². The Balaban J connectivity index is 0.00000300. The number of anilines is 1. The highest BCUT2D eigenvalue weighted by molar-refractivity contribution is 7.98. The van der Waals surface area contributed by atoms with Crippen LogP contribution >= 0.6 is 11.8 Å². The van der Waals surface area contributed by atoms with Crippen LogP contribution in [0, 0.1) is 11.8 Å². The second-order valence-electron chi connectivity index (χ2n) is 8.43. The number of nitrogens with one attached hydrogen (secondary N) is 1. The standard InChI is InChI=1S/C22H30N4OS.H2/c1-7-9-17-14-23-21(28-6)24-20(17)26(18-13-15-10-11-16(18)12-15)25-19(8-2)27-22(3,4)5;/h9,14-16,18,25H,1-2,10-13H2,3-6H3;1H/t15-,16?,18+;/m1./s1. The number of ether oxygens (including phenoxy) is 1. The van der Waals surface area contributed by atoms with Crippen molar-refractivity contribution < 1.29 is 6.16 Å². The number of thioether (sulfide) groups is 1. The van der Waals surface area contributed by atoms with Crippen LogP contribution in [0.15, 0.2) is 41.9 Å². The van der Waals surface area contributed by atoms with Gasteiger partial charge in [-0.1, -0.05) is 37.1 Å². The van der Waals surface area contributed by atoms with E-state index in [-0.39, 0.29) is 7.03 Å². The Morgan fingerprint density at radius 3 is 2.71 bits per heavy atom. The first-order valence-electron chi connectivity index (χ1n) is 9.76. The fourth-order valence-corrected chi connectivity index (χ4v) is 4.54. The number of hydrogen-bond acceptors (Lipinski definition) is 6. The molecule has 1 N–H and O–H groups in total. The summed E-state index contributed by atoms with van der Waals surface area (Å²) in [5, 5.41) is 2.88. The summed E-state index contributed by atoms with van der Waals surface area (Å²) in [4.78, 5) is 9.25. The van der Waals surface area contributed by atoms with E-state index in [1.807, 2.05) is 39.3 Å². The van der Waals surface area contributed by atoms with E-state index in [2.05, 4.69) is 40.0 Å². The maximum Gasteiger partial charge on any atom is 0.252 e. The van der Waals surface area contributed by atoms with E-state index in [1.165, 1.54) is 31.0 Å². The molecule has 0 saturated heterocycles. The molecule has 5 nitrogen and oxygen atoms in total. The third kappa shape index (κ3) is 4.64. The van der Waals surface area contributed by atoms with E-state index in [4.69, 9.17) is 9.72 Å². The van der Waals surface area contributed by atoms with Crippen LogP contribution in [0.5, 0.6) is 0 Å². The third-order valence-corrected chi connectivity index (χ3v) is 5.83. The third-order valence-electron chi connectivity index (χ3n) is 5.27. The molecule has 2 aliphatic rings. The van der Waals surface area contributed by atoms with Crippen molar-refractivity contribution in [3.05, 3.63) is 42.3 Å². The number of rotatable bonds is 7. The molecule has 6 heteroatoms. The molecule has 0 aliphatic heterocycles. The Morgan fingerprint density at radius 1 is 1.39 bits per heavy atom. The first kappa shape index (κ1) is 20.6. The summed E-state index contributed by atoms with van der Waals surface area (Å²) in [7, 11) is 0. The van der Waals surface area contributed by atoms with Crippen molar-refractivity contribution in [2.24, 2.45) is 11.8 Å². The Hall–Kier alpha value is -2.13. The first-order valence-corrected chi connectivity index (χ1v) is 11.0. The lowest BCUT2D eigenvalue weighted by molar-refractivity contribution is 0.0387. The Morgan fingerprint density at radius 2 is 2.18 bits per heavy atom. The van der Waals surface area contributed by atoms with E-state index >= 15 is 0 Å².